The highest BCUT2D eigenvalue weighted by Gasteiger charge is 2.13. The van der Waals surface area contributed by atoms with Crippen molar-refractivity contribution in [2.24, 2.45) is 0 Å². The zero-order valence-corrected chi connectivity index (χ0v) is 11.3. The zero-order valence-electron chi connectivity index (χ0n) is 10.5. The fourth-order valence-corrected chi connectivity index (χ4v) is 2.09. The minimum atomic E-state index is 0. The van der Waals surface area contributed by atoms with Crippen molar-refractivity contribution in [3.8, 4) is 11.5 Å². The predicted octanol–water partition coefficient (Wildman–Crippen LogP) is -1.32. The Balaban J connectivity index is 0.00000133. The van der Waals surface area contributed by atoms with Crippen molar-refractivity contribution in [2.45, 2.75) is 13.1 Å². The quantitative estimate of drug-likeness (QED) is 0.753. The van der Waals surface area contributed by atoms with Crippen molar-refractivity contribution in [3.05, 3.63) is 59.7 Å². The van der Waals surface area contributed by atoms with Crippen LogP contribution in [0, 0.1) is 0 Å². The second-order valence-electron chi connectivity index (χ2n) is 4.37. The molecule has 0 aromatic heterocycles. The molecule has 2 N–H and O–H groups in total. The van der Waals surface area contributed by atoms with E-state index in [0.29, 0.717) is 6.79 Å². The SMILES string of the molecule is [Cl-].c1ccc(C[NH2+]Cc2ccc3c(c2)OCO3)cc1. The zero-order chi connectivity index (χ0) is 12.2. The number of quaternary nitrogens is 1. The lowest BCUT2D eigenvalue weighted by molar-refractivity contribution is -0.686. The fourth-order valence-electron chi connectivity index (χ4n) is 2.09. The largest absolute Gasteiger partial charge is 1.00 e. The Morgan fingerprint density at radius 3 is 2.42 bits per heavy atom. The van der Waals surface area contributed by atoms with E-state index >= 15 is 0 Å². The van der Waals surface area contributed by atoms with Crippen molar-refractivity contribution < 1.29 is 27.2 Å². The number of benzene rings is 2. The molecule has 0 saturated heterocycles. The van der Waals surface area contributed by atoms with Gasteiger partial charge in [-0.1, -0.05) is 30.3 Å². The molecule has 100 valence electrons. The molecule has 0 amide bonds. The molecule has 2 aromatic carbocycles. The molecular weight excluding hydrogens is 262 g/mol. The third-order valence-corrected chi connectivity index (χ3v) is 3.04. The first-order chi connectivity index (χ1) is 8.92. The third-order valence-electron chi connectivity index (χ3n) is 3.04. The van der Waals surface area contributed by atoms with E-state index in [0.717, 1.165) is 24.6 Å². The lowest BCUT2D eigenvalue weighted by Gasteiger charge is -2.03. The average Bonchev–Trinajstić information content (AvgIpc) is 2.87. The minimum Gasteiger partial charge on any atom is -1.00 e. The lowest BCUT2D eigenvalue weighted by Crippen LogP contribution is -3.00. The van der Waals surface area contributed by atoms with Crippen LogP contribution in [0.4, 0.5) is 0 Å². The van der Waals surface area contributed by atoms with Gasteiger partial charge in [0.1, 0.15) is 13.1 Å². The summed E-state index contributed by atoms with van der Waals surface area (Å²) in [7, 11) is 0. The van der Waals surface area contributed by atoms with Gasteiger partial charge < -0.3 is 27.2 Å². The molecule has 0 spiro atoms. The summed E-state index contributed by atoms with van der Waals surface area (Å²) in [6, 6.07) is 16.6. The van der Waals surface area contributed by atoms with E-state index in [9.17, 15) is 0 Å². The van der Waals surface area contributed by atoms with Gasteiger partial charge in [-0.25, -0.2) is 0 Å². The van der Waals surface area contributed by atoms with Gasteiger partial charge in [-0.05, 0) is 18.2 Å². The smallest absolute Gasteiger partial charge is 0.231 e. The molecule has 1 aliphatic heterocycles. The van der Waals surface area contributed by atoms with Crippen LogP contribution in [0.5, 0.6) is 11.5 Å². The molecule has 0 radical (unpaired) electrons. The van der Waals surface area contributed by atoms with Crippen LogP contribution in [0.25, 0.3) is 0 Å². The Hall–Kier alpha value is -1.71. The summed E-state index contributed by atoms with van der Waals surface area (Å²) in [6.45, 7) is 2.29. The van der Waals surface area contributed by atoms with Gasteiger partial charge in [0.15, 0.2) is 11.5 Å². The van der Waals surface area contributed by atoms with E-state index < -0.39 is 0 Å². The second-order valence-corrected chi connectivity index (χ2v) is 4.37. The van der Waals surface area contributed by atoms with Crippen molar-refractivity contribution in [1.82, 2.24) is 0 Å². The Morgan fingerprint density at radius 2 is 1.58 bits per heavy atom. The van der Waals surface area contributed by atoms with E-state index in [4.69, 9.17) is 9.47 Å². The molecule has 0 bridgehead atoms. The minimum absolute atomic E-state index is 0. The third kappa shape index (κ3) is 3.40. The topological polar surface area (TPSA) is 35.1 Å². The maximum absolute atomic E-state index is 5.37. The van der Waals surface area contributed by atoms with Crippen LogP contribution in [-0.4, -0.2) is 6.79 Å². The average molecular weight is 278 g/mol. The summed E-state index contributed by atoms with van der Waals surface area (Å²) >= 11 is 0. The van der Waals surface area contributed by atoms with Crippen LogP contribution in [0.3, 0.4) is 0 Å². The highest BCUT2D eigenvalue weighted by Crippen LogP contribution is 2.32. The number of halogens is 1. The fraction of sp³-hybridized carbons (Fsp3) is 0.200. The number of fused-ring (bicyclic) bond motifs is 1. The maximum Gasteiger partial charge on any atom is 0.231 e. The number of hydrogen-bond acceptors (Lipinski definition) is 2. The second kappa shape index (κ2) is 6.45. The van der Waals surface area contributed by atoms with Crippen LogP contribution in [-0.2, 0) is 13.1 Å². The van der Waals surface area contributed by atoms with E-state index in [-0.39, 0.29) is 12.4 Å². The van der Waals surface area contributed by atoms with Crippen molar-refractivity contribution in [3.63, 3.8) is 0 Å². The van der Waals surface area contributed by atoms with E-state index in [1.54, 1.807) is 0 Å². The number of hydrogen-bond donors (Lipinski definition) is 1. The normalized spacial score (nSPS) is 12.0. The first kappa shape index (κ1) is 13.7. The summed E-state index contributed by atoms with van der Waals surface area (Å²) < 4.78 is 10.7. The van der Waals surface area contributed by atoms with E-state index in [2.05, 4.69) is 41.7 Å². The highest BCUT2D eigenvalue weighted by atomic mass is 35.5. The first-order valence-corrected chi connectivity index (χ1v) is 6.16. The molecule has 2 aromatic rings. The summed E-state index contributed by atoms with van der Waals surface area (Å²) in [5.74, 6) is 1.71. The number of ether oxygens (including phenoxy) is 2. The monoisotopic (exact) mass is 277 g/mol. The van der Waals surface area contributed by atoms with Gasteiger partial charge in [0.25, 0.3) is 0 Å². The summed E-state index contributed by atoms with van der Waals surface area (Å²) in [5, 5.41) is 2.28. The first-order valence-electron chi connectivity index (χ1n) is 6.16. The summed E-state index contributed by atoms with van der Waals surface area (Å²) in [5.41, 5.74) is 2.61. The highest BCUT2D eigenvalue weighted by molar-refractivity contribution is 5.44. The molecular formula is C15H16ClNO2. The van der Waals surface area contributed by atoms with Crippen molar-refractivity contribution >= 4 is 0 Å². The molecule has 4 heteroatoms. The Labute approximate surface area is 119 Å². The summed E-state index contributed by atoms with van der Waals surface area (Å²) in [4.78, 5) is 0. The molecule has 0 aliphatic carbocycles. The summed E-state index contributed by atoms with van der Waals surface area (Å²) in [6.07, 6.45) is 0. The van der Waals surface area contributed by atoms with Gasteiger partial charge in [-0.3, -0.25) is 0 Å². The molecule has 1 heterocycles. The Morgan fingerprint density at radius 1 is 0.842 bits per heavy atom. The number of nitrogens with two attached hydrogens (primary N) is 1. The molecule has 1 aliphatic rings. The predicted molar refractivity (Wildman–Crippen MR) is 68.3 cm³/mol. The van der Waals surface area contributed by atoms with Crippen molar-refractivity contribution in [2.75, 3.05) is 6.79 Å². The van der Waals surface area contributed by atoms with Gasteiger partial charge >= 0.3 is 0 Å². The molecule has 0 saturated carbocycles. The van der Waals surface area contributed by atoms with Crippen LogP contribution in [0.2, 0.25) is 0 Å². The Bertz CT molecular complexity index is 531. The van der Waals surface area contributed by atoms with Crippen LogP contribution in [0.15, 0.2) is 48.5 Å². The lowest BCUT2D eigenvalue weighted by atomic mass is 10.2. The van der Waals surface area contributed by atoms with Gasteiger partial charge in [-0.2, -0.15) is 0 Å². The molecule has 0 fully saturated rings. The Kier molecular flexibility index (Phi) is 4.66. The standard InChI is InChI=1S/C15H15NO2.ClH/c1-2-4-12(5-3-1)9-16-10-13-6-7-14-15(8-13)18-11-17-14;/h1-8,16H,9-11H2;1H. The maximum atomic E-state index is 5.37. The van der Waals surface area contributed by atoms with Gasteiger partial charge in [0.2, 0.25) is 6.79 Å². The van der Waals surface area contributed by atoms with Crippen molar-refractivity contribution in [1.29, 1.82) is 0 Å². The van der Waals surface area contributed by atoms with Gasteiger partial charge in [0.05, 0.1) is 0 Å². The molecule has 3 rings (SSSR count). The van der Waals surface area contributed by atoms with E-state index in [1.165, 1.54) is 11.1 Å². The molecule has 19 heavy (non-hydrogen) atoms. The van der Waals surface area contributed by atoms with Crippen LogP contribution < -0.4 is 27.2 Å². The molecule has 3 nitrogen and oxygen atoms in total. The van der Waals surface area contributed by atoms with E-state index in [1.807, 2.05) is 12.1 Å². The van der Waals surface area contributed by atoms with Gasteiger partial charge in [0, 0.05) is 11.1 Å². The van der Waals surface area contributed by atoms with Crippen LogP contribution >= 0.6 is 0 Å². The molecule has 0 unspecified atom stereocenters. The van der Waals surface area contributed by atoms with Gasteiger partial charge in [-0.15, -0.1) is 0 Å². The number of rotatable bonds is 4. The molecule has 0 atom stereocenters. The van der Waals surface area contributed by atoms with Crippen LogP contribution in [0.1, 0.15) is 11.1 Å².